The monoisotopic (exact) mass is 407 g/mol. The lowest BCUT2D eigenvalue weighted by Crippen LogP contribution is -2.53. The van der Waals surface area contributed by atoms with E-state index >= 15 is 0 Å². The van der Waals surface area contributed by atoms with Crippen LogP contribution in [0.1, 0.15) is 68.7 Å². The molecule has 5 heteroatoms. The van der Waals surface area contributed by atoms with Crippen molar-refractivity contribution in [2.45, 2.75) is 65.0 Å². The van der Waals surface area contributed by atoms with Gasteiger partial charge in [0, 0.05) is 6.42 Å². The summed E-state index contributed by atoms with van der Waals surface area (Å²) in [5.74, 6) is -0.277. The van der Waals surface area contributed by atoms with Crippen molar-refractivity contribution in [1.29, 1.82) is 0 Å². The van der Waals surface area contributed by atoms with Gasteiger partial charge in [-0.2, -0.15) is 0 Å². The Bertz CT molecular complexity index is 889. The van der Waals surface area contributed by atoms with E-state index in [4.69, 9.17) is 5.73 Å². The Hall–Kier alpha value is -2.66. The zero-order valence-corrected chi connectivity index (χ0v) is 18.4. The Balaban J connectivity index is 1.98. The fourth-order valence-electron chi connectivity index (χ4n) is 4.16. The molecule has 0 aromatic heterocycles. The molecule has 3 rings (SSSR count). The smallest absolute Gasteiger partial charge is 0.258 e. The second-order valence-electron chi connectivity index (χ2n) is 9.60. The first-order chi connectivity index (χ1) is 14.1. The van der Waals surface area contributed by atoms with Crippen molar-refractivity contribution in [1.82, 2.24) is 10.4 Å². The van der Waals surface area contributed by atoms with Gasteiger partial charge in [-0.15, -0.1) is 0 Å². The van der Waals surface area contributed by atoms with Crippen molar-refractivity contribution in [3.8, 4) is 0 Å². The average Bonchev–Trinajstić information content (AvgIpc) is 2.79. The van der Waals surface area contributed by atoms with Crippen LogP contribution in [0.3, 0.4) is 0 Å². The Labute approximate surface area is 179 Å². The highest BCUT2D eigenvalue weighted by molar-refractivity contribution is 5.86. The number of nitrogens with zero attached hydrogens (tertiary/aromatic N) is 1. The molecule has 1 saturated heterocycles. The number of hydrogen-bond acceptors (Lipinski definition) is 3. The van der Waals surface area contributed by atoms with Gasteiger partial charge in [0.25, 0.3) is 5.91 Å². The molecule has 2 aromatic rings. The molecule has 3 atom stereocenters. The van der Waals surface area contributed by atoms with Gasteiger partial charge in [-0.1, -0.05) is 80.9 Å². The van der Waals surface area contributed by atoms with Crippen LogP contribution in [-0.4, -0.2) is 22.9 Å². The van der Waals surface area contributed by atoms with Crippen molar-refractivity contribution in [2.24, 2.45) is 11.1 Å². The first kappa shape index (κ1) is 22.0. The standard InChI is InChI=1S/C25H33N3O2/c1-17-9-8-12-19(13-17)22-15-20(18-10-6-5-7-11-18)14-21(26)24(30)28(22)27-23(29)16-25(2,3)4/h5-13,20-22H,14-16,26H2,1-4H3,(H,27,29). The van der Waals surface area contributed by atoms with E-state index < -0.39 is 6.04 Å². The molecule has 30 heavy (non-hydrogen) atoms. The minimum absolute atomic E-state index is 0.125. The van der Waals surface area contributed by atoms with Gasteiger partial charge < -0.3 is 5.73 Å². The lowest BCUT2D eigenvalue weighted by atomic mass is 9.86. The zero-order chi connectivity index (χ0) is 21.9. The highest BCUT2D eigenvalue weighted by Crippen LogP contribution is 2.38. The Morgan fingerprint density at radius 1 is 1.07 bits per heavy atom. The second kappa shape index (κ2) is 9.00. The maximum absolute atomic E-state index is 13.3. The van der Waals surface area contributed by atoms with Crippen molar-refractivity contribution < 1.29 is 9.59 Å². The molecule has 2 amide bonds. The molecule has 3 unspecified atom stereocenters. The molecular formula is C25H33N3O2. The van der Waals surface area contributed by atoms with Crippen molar-refractivity contribution in [2.75, 3.05) is 0 Å². The third kappa shape index (κ3) is 5.48. The number of benzene rings is 2. The Morgan fingerprint density at radius 2 is 1.73 bits per heavy atom. The summed E-state index contributed by atoms with van der Waals surface area (Å²) in [6.07, 6.45) is 1.58. The lowest BCUT2D eigenvalue weighted by Gasteiger charge is -2.33. The zero-order valence-electron chi connectivity index (χ0n) is 18.4. The van der Waals surface area contributed by atoms with Gasteiger partial charge in [0.05, 0.1) is 12.1 Å². The predicted octanol–water partition coefficient (Wildman–Crippen LogP) is 4.24. The minimum atomic E-state index is -0.667. The van der Waals surface area contributed by atoms with Crippen LogP contribution in [-0.2, 0) is 9.59 Å². The van der Waals surface area contributed by atoms with Crippen LogP contribution in [0.2, 0.25) is 0 Å². The average molecular weight is 408 g/mol. The van der Waals surface area contributed by atoms with Gasteiger partial charge in [-0.05, 0) is 42.2 Å². The lowest BCUT2D eigenvalue weighted by molar-refractivity contribution is -0.145. The van der Waals surface area contributed by atoms with Crippen molar-refractivity contribution >= 4 is 11.8 Å². The quantitative estimate of drug-likeness (QED) is 0.796. The van der Waals surface area contributed by atoms with E-state index in [1.54, 1.807) is 0 Å². The molecule has 2 aromatic carbocycles. The van der Waals surface area contributed by atoms with Crippen LogP contribution in [0.5, 0.6) is 0 Å². The van der Waals surface area contributed by atoms with E-state index in [1.807, 2.05) is 64.1 Å². The number of aryl methyl sites for hydroxylation is 1. The highest BCUT2D eigenvalue weighted by atomic mass is 16.2. The van der Waals surface area contributed by atoms with E-state index in [-0.39, 0.29) is 29.2 Å². The third-order valence-electron chi connectivity index (χ3n) is 5.55. The number of nitrogens with two attached hydrogens (primary N) is 1. The molecule has 3 N–H and O–H groups in total. The van der Waals surface area contributed by atoms with Crippen molar-refractivity contribution in [3.63, 3.8) is 0 Å². The number of carbonyl (C=O) groups excluding carboxylic acids is 2. The molecule has 0 saturated carbocycles. The largest absolute Gasteiger partial charge is 0.320 e. The summed E-state index contributed by atoms with van der Waals surface area (Å²) in [4.78, 5) is 26.0. The second-order valence-corrected chi connectivity index (χ2v) is 9.60. The van der Waals surface area contributed by atoms with Crippen LogP contribution in [0.4, 0.5) is 0 Å². The molecule has 1 aliphatic heterocycles. The summed E-state index contributed by atoms with van der Waals surface area (Å²) in [5, 5.41) is 1.50. The molecule has 1 fully saturated rings. The first-order valence-corrected chi connectivity index (χ1v) is 10.6. The van der Waals surface area contributed by atoms with Crippen LogP contribution in [0.25, 0.3) is 0 Å². The van der Waals surface area contributed by atoms with Crippen LogP contribution in [0.15, 0.2) is 54.6 Å². The Kier molecular flexibility index (Phi) is 6.61. The fourth-order valence-corrected chi connectivity index (χ4v) is 4.16. The van der Waals surface area contributed by atoms with Gasteiger partial charge in [0.1, 0.15) is 0 Å². The van der Waals surface area contributed by atoms with E-state index in [1.165, 1.54) is 10.6 Å². The molecule has 1 aliphatic rings. The summed E-state index contributed by atoms with van der Waals surface area (Å²) >= 11 is 0. The summed E-state index contributed by atoms with van der Waals surface area (Å²) in [7, 11) is 0. The molecule has 5 nitrogen and oxygen atoms in total. The molecular weight excluding hydrogens is 374 g/mol. The van der Waals surface area contributed by atoms with Gasteiger partial charge in [-0.3, -0.25) is 15.0 Å². The molecule has 160 valence electrons. The van der Waals surface area contributed by atoms with Gasteiger partial charge in [-0.25, -0.2) is 5.01 Å². The van der Waals surface area contributed by atoms with E-state index in [0.29, 0.717) is 19.3 Å². The first-order valence-electron chi connectivity index (χ1n) is 10.6. The van der Waals surface area contributed by atoms with E-state index in [0.717, 1.165) is 11.1 Å². The van der Waals surface area contributed by atoms with Crippen LogP contribution in [0, 0.1) is 12.3 Å². The molecule has 0 bridgehead atoms. The van der Waals surface area contributed by atoms with E-state index in [2.05, 4.69) is 23.6 Å². The van der Waals surface area contributed by atoms with Crippen LogP contribution < -0.4 is 11.2 Å². The fraction of sp³-hybridized carbons (Fsp3) is 0.440. The number of nitrogens with one attached hydrogen (secondary N) is 1. The molecule has 0 spiro atoms. The number of rotatable bonds is 4. The maximum Gasteiger partial charge on any atom is 0.258 e. The minimum Gasteiger partial charge on any atom is -0.320 e. The van der Waals surface area contributed by atoms with E-state index in [9.17, 15) is 9.59 Å². The summed E-state index contributed by atoms with van der Waals surface area (Å²) < 4.78 is 0. The van der Waals surface area contributed by atoms with Crippen molar-refractivity contribution in [3.05, 3.63) is 71.3 Å². The molecule has 0 aliphatic carbocycles. The summed E-state index contributed by atoms with van der Waals surface area (Å²) in [6, 6.07) is 17.4. The van der Waals surface area contributed by atoms with Crippen LogP contribution >= 0.6 is 0 Å². The van der Waals surface area contributed by atoms with Gasteiger partial charge in [0.2, 0.25) is 5.91 Å². The third-order valence-corrected chi connectivity index (χ3v) is 5.55. The number of amides is 2. The number of carbonyl (C=O) groups is 2. The summed E-state index contributed by atoms with van der Waals surface area (Å²) in [6.45, 7) is 8.05. The highest BCUT2D eigenvalue weighted by Gasteiger charge is 2.38. The predicted molar refractivity (Wildman–Crippen MR) is 119 cm³/mol. The Morgan fingerprint density at radius 3 is 2.37 bits per heavy atom. The summed E-state index contributed by atoms with van der Waals surface area (Å²) in [5.41, 5.74) is 12.3. The van der Waals surface area contributed by atoms with Gasteiger partial charge >= 0.3 is 0 Å². The number of hydrogen-bond donors (Lipinski definition) is 2. The van der Waals surface area contributed by atoms with Gasteiger partial charge in [0.15, 0.2) is 0 Å². The maximum atomic E-state index is 13.3. The SMILES string of the molecule is Cc1cccc(C2CC(c3ccccc3)CC(N)C(=O)N2NC(=O)CC(C)(C)C)c1. The number of hydrazine groups is 1. The molecule has 0 radical (unpaired) electrons. The normalized spacial score (nSPS) is 22.5. The topological polar surface area (TPSA) is 75.4 Å². The molecule has 1 heterocycles.